The topological polar surface area (TPSA) is 194 Å². The zero-order valence-electron chi connectivity index (χ0n) is 36.6. The molecule has 0 bridgehead atoms. The predicted molar refractivity (Wildman–Crippen MR) is 245 cm³/mol. The van der Waals surface area contributed by atoms with Gasteiger partial charge in [-0.2, -0.15) is 18.0 Å². The second kappa shape index (κ2) is 18.2. The molecule has 9 rings (SSSR count). The first-order chi connectivity index (χ1) is 31.8. The molecular weight excluding hydrogens is 868 g/mol. The first-order valence-corrected chi connectivity index (χ1v) is 23.5. The number of benzene rings is 4. The maximum absolute atomic E-state index is 15.1. The Hall–Kier alpha value is -6.88. The number of aromatic nitrogens is 2. The summed E-state index contributed by atoms with van der Waals surface area (Å²) in [7, 11) is -2.65. The Morgan fingerprint density at radius 2 is 1.61 bits per heavy atom. The van der Waals surface area contributed by atoms with E-state index in [0.717, 1.165) is 92.0 Å². The van der Waals surface area contributed by atoms with Gasteiger partial charge in [0.05, 0.1) is 22.3 Å². The second-order valence-electron chi connectivity index (χ2n) is 17.1. The van der Waals surface area contributed by atoms with Crippen LogP contribution in [0.15, 0.2) is 83.9 Å². The first kappa shape index (κ1) is 44.3. The lowest BCUT2D eigenvalue weighted by Gasteiger charge is -2.40. The van der Waals surface area contributed by atoms with Crippen LogP contribution in [0.1, 0.15) is 54.1 Å². The number of nitrogens with one attached hydrogen (secondary N) is 2. The van der Waals surface area contributed by atoms with Crippen molar-refractivity contribution < 1.29 is 31.9 Å². The summed E-state index contributed by atoms with van der Waals surface area (Å²) in [6, 6.07) is 21.5. The van der Waals surface area contributed by atoms with E-state index in [1.807, 2.05) is 42.5 Å². The van der Waals surface area contributed by atoms with Crippen LogP contribution < -0.4 is 30.1 Å². The summed E-state index contributed by atoms with van der Waals surface area (Å²) in [5, 5.41) is 12.5. The van der Waals surface area contributed by atoms with Gasteiger partial charge >= 0.3 is 10.2 Å². The number of carbonyl (C=O) groups excluding carboxylic acids is 3. The fourth-order valence-corrected chi connectivity index (χ4v) is 10.2. The Balaban J connectivity index is 0.787. The number of nitrogens with zero attached hydrogens (tertiary/aromatic N) is 8. The third-order valence-electron chi connectivity index (χ3n) is 13.1. The molecule has 19 heteroatoms. The number of piperidine rings is 2. The van der Waals surface area contributed by atoms with E-state index in [2.05, 4.69) is 35.8 Å². The largest absolute Gasteiger partial charge is 0.453 e. The number of piperazine rings is 1. The number of nitriles is 1. The number of carbonyl (C=O) groups is 3. The average Bonchev–Trinajstić information content (AvgIpc) is 3.65. The van der Waals surface area contributed by atoms with E-state index in [9.17, 15) is 32.9 Å². The fraction of sp³-hybridized carbons (Fsp3) is 0.362. The van der Waals surface area contributed by atoms with Crippen LogP contribution in [-0.4, -0.2) is 115 Å². The predicted octanol–water partition coefficient (Wildman–Crippen LogP) is 4.60. The van der Waals surface area contributed by atoms with Crippen molar-refractivity contribution in [3.8, 4) is 23.3 Å². The van der Waals surface area contributed by atoms with Gasteiger partial charge in [0.25, 0.3) is 11.5 Å². The molecule has 4 aliphatic heterocycles. The third kappa shape index (κ3) is 8.78. The Kier molecular flexibility index (Phi) is 12.2. The highest BCUT2D eigenvalue weighted by Crippen LogP contribution is 2.35. The Bertz CT molecular complexity index is 2940. The van der Waals surface area contributed by atoms with E-state index in [1.165, 1.54) is 30.1 Å². The number of halogens is 1. The number of imide groups is 1. The highest BCUT2D eigenvalue weighted by atomic mass is 32.2. The number of anilines is 3. The van der Waals surface area contributed by atoms with Crippen molar-refractivity contribution in [1.29, 1.82) is 5.26 Å². The van der Waals surface area contributed by atoms with Crippen LogP contribution in [0, 0.1) is 23.1 Å². The Labute approximate surface area is 381 Å². The summed E-state index contributed by atoms with van der Waals surface area (Å²) < 4.78 is 51.0. The maximum atomic E-state index is 15.1. The Morgan fingerprint density at radius 1 is 0.894 bits per heavy atom. The summed E-state index contributed by atoms with van der Waals surface area (Å²) in [5.41, 5.74) is 3.76. The molecule has 3 amide bonds. The van der Waals surface area contributed by atoms with Gasteiger partial charge in [0.2, 0.25) is 11.8 Å². The molecule has 1 atom stereocenters. The minimum absolute atomic E-state index is 0.0533. The van der Waals surface area contributed by atoms with Crippen LogP contribution in [0.3, 0.4) is 0 Å². The van der Waals surface area contributed by atoms with Crippen molar-refractivity contribution in [1.82, 2.24) is 29.0 Å². The summed E-state index contributed by atoms with van der Waals surface area (Å²) in [4.78, 5) is 64.5. The van der Waals surface area contributed by atoms with Crippen LogP contribution in [0.5, 0.6) is 11.5 Å². The quantitative estimate of drug-likeness (QED) is 0.166. The number of fused-ring (bicyclic) bond motifs is 2. The minimum atomic E-state index is -4.02. The first-order valence-electron chi connectivity index (χ1n) is 22.1. The Morgan fingerprint density at radius 3 is 2.32 bits per heavy atom. The van der Waals surface area contributed by atoms with Gasteiger partial charge in [-0.1, -0.05) is 6.92 Å². The molecule has 342 valence electrons. The summed E-state index contributed by atoms with van der Waals surface area (Å²) in [5.74, 6) is -1.61. The zero-order chi connectivity index (χ0) is 46.3. The van der Waals surface area contributed by atoms with E-state index in [1.54, 1.807) is 17.9 Å². The molecule has 5 aromatic rings. The number of ether oxygens (including phenoxy) is 1. The monoisotopic (exact) mass is 916 g/mol. The van der Waals surface area contributed by atoms with Crippen molar-refractivity contribution in [2.45, 2.75) is 45.2 Å². The summed E-state index contributed by atoms with van der Waals surface area (Å²) in [6.45, 7) is 8.64. The highest BCUT2D eigenvalue weighted by molar-refractivity contribution is 7.90. The SMILES string of the molecule is CCN(C)S(=O)(=O)Nc1ccc(F)c(Oc2ccc3ncn(-c4ccc(N5CCN(CC6CCN(c7ccc8c(c7)CN(C7CCC(=O)NC7=O)C8=O)CC6)CC5)cc4)c(=O)c3c2)c1C#N. The zero-order valence-corrected chi connectivity index (χ0v) is 37.4. The molecule has 17 nitrogen and oxygen atoms in total. The molecule has 3 saturated heterocycles. The van der Waals surface area contributed by atoms with E-state index >= 15 is 4.39 Å². The molecule has 4 aromatic carbocycles. The summed E-state index contributed by atoms with van der Waals surface area (Å²) in [6.07, 6.45) is 4.16. The van der Waals surface area contributed by atoms with Gasteiger partial charge in [-0.3, -0.25) is 38.7 Å². The van der Waals surface area contributed by atoms with Gasteiger partial charge in [-0.25, -0.2) is 9.37 Å². The number of rotatable bonds is 12. The van der Waals surface area contributed by atoms with Gasteiger partial charge in [0.1, 0.15) is 29.8 Å². The summed E-state index contributed by atoms with van der Waals surface area (Å²) >= 11 is 0. The van der Waals surface area contributed by atoms with Crippen molar-refractivity contribution >= 4 is 55.9 Å². The van der Waals surface area contributed by atoms with Crippen LogP contribution in [0.2, 0.25) is 0 Å². The molecule has 0 saturated carbocycles. The molecule has 1 unspecified atom stereocenters. The number of hydrogen-bond acceptors (Lipinski definition) is 12. The van der Waals surface area contributed by atoms with E-state index < -0.39 is 33.7 Å². The van der Waals surface area contributed by atoms with E-state index in [0.29, 0.717) is 35.7 Å². The van der Waals surface area contributed by atoms with Gasteiger partial charge in [-0.15, -0.1) is 0 Å². The molecule has 4 aliphatic rings. The third-order valence-corrected chi connectivity index (χ3v) is 14.7. The number of amides is 3. The smallest absolute Gasteiger partial charge is 0.301 e. The molecule has 0 aliphatic carbocycles. The lowest BCUT2D eigenvalue weighted by molar-refractivity contribution is -0.136. The normalized spacial score (nSPS) is 18.4. The molecule has 0 radical (unpaired) electrons. The average molecular weight is 917 g/mol. The molecule has 5 heterocycles. The maximum Gasteiger partial charge on any atom is 0.301 e. The van der Waals surface area contributed by atoms with Crippen molar-refractivity contribution in [2.75, 3.05) is 73.9 Å². The molecule has 3 fully saturated rings. The van der Waals surface area contributed by atoms with Crippen molar-refractivity contribution in [3.63, 3.8) is 0 Å². The molecular formula is C47H49FN10O7S. The van der Waals surface area contributed by atoms with Crippen LogP contribution >= 0.6 is 0 Å². The van der Waals surface area contributed by atoms with Gasteiger partial charge < -0.3 is 19.4 Å². The standard InChI is InChI=1S/C47H49FN10O7S/c1-3-53(2)66(63,64)52-41-13-11-39(48)44(38(41)26-49)65-35-9-12-40-37(25-35)47(62)58(29-50-40)33-6-4-32(5-7-33)56-22-20-54(21-23-56)27-30-16-18-55(19-17-30)34-8-10-36-31(24-34)28-57(46(36)61)42-14-15-43(59)51-45(42)60/h4-13,24-25,29-30,42,52H,3,14-23,27-28H2,1-2H3,(H,51,59,60). The van der Waals surface area contributed by atoms with Crippen LogP contribution in [0.25, 0.3) is 16.6 Å². The van der Waals surface area contributed by atoms with Crippen LogP contribution in [-0.2, 0) is 26.3 Å². The fourth-order valence-electron chi connectivity index (χ4n) is 9.22. The van der Waals surface area contributed by atoms with Gasteiger partial charge in [-0.05, 0) is 104 Å². The highest BCUT2D eigenvalue weighted by Gasteiger charge is 2.39. The molecule has 0 spiro atoms. The van der Waals surface area contributed by atoms with E-state index in [-0.39, 0.29) is 52.7 Å². The van der Waals surface area contributed by atoms with Gasteiger partial charge in [0, 0.05) is 89.3 Å². The van der Waals surface area contributed by atoms with Gasteiger partial charge in [0.15, 0.2) is 11.6 Å². The molecule has 2 N–H and O–H groups in total. The van der Waals surface area contributed by atoms with Crippen LogP contribution in [0.4, 0.5) is 21.5 Å². The van der Waals surface area contributed by atoms with Crippen molar-refractivity contribution in [2.24, 2.45) is 5.92 Å². The number of hydrogen-bond donors (Lipinski definition) is 2. The lowest BCUT2D eigenvalue weighted by atomic mass is 9.95. The molecule has 66 heavy (non-hydrogen) atoms. The van der Waals surface area contributed by atoms with E-state index in [4.69, 9.17) is 4.74 Å². The second-order valence-corrected chi connectivity index (χ2v) is 18.9. The molecule has 1 aromatic heterocycles. The lowest BCUT2D eigenvalue weighted by Crippen LogP contribution is -2.52. The van der Waals surface area contributed by atoms with Crippen molar-refractivity contribution in [3.05, 3.63) is 112 Å². The minimum Gasteiger partial charge on any atom is -0.453 e.